The first-order valence-electron chi connectivity index (χ1n) is 7.51. The van der Waals surface area contributed by atoms with Crippen molar-refractivity contribution in [1.82, 2.24) is 5.32 Å². The standard InChI is InChI=1S/C15H30N2O2/c1-12(2)10-15(7-4-5-8-15)11-17-14(18)13(16)6-9-19-3/h12-13H,4-11,16H2,1-3H3,(H,17,18). The minimum Gasteiger partial charge on any atom is -0.385 e. The molecular formula is C15H30N2O2. The summed E-state index contributed by atoms with van der Waals surface area (Å²) in [5, 5.41) is 3.06. The van der Waals surface area contributed by atoms with Gasteiger partial charge in [-0.3, -0.25) is 4.79 Å². The van der Waals surface area contributed by atoms with Crippen LogP contribution in [0.4, 0.5) is 0 Å². The van der Waals surface area contributed by atoms with Crippen LogP contribution in [0.2, 0.25) is 0 Å². The molecule has 19 heavy (non-hydrogen) atoms. The molecule has 0 heterocycles. The molecule has 0 saturated heterocycles. The average Bonchev–Trinajstić information content (AvgIpc) is 2.81. The lowest BCUT2D eigenvalue weighted by atomic mass is 9.78. The number of methoxy groups -OCH3 is 1. The Morgan fingerprint density at radius 1 is 1.37 bits per heavy atom. The van der Waals surface area contributed by atoms with E-state index in [4.69, 9.17) is 10.5 Å². The van der Waals surface area contributed by atoms with Gasteiger partial charge in [-0.15, -0.1) is 0 Å². The zero-order valence-corrected chi connectivity index (χ0v) is 12.7. The van der Waals surface area contributed by atoms with Gasteiger partial charge in [0.05, 0.1) is 6.04 Å². The Labute approximate surface area is 117 Å². The van der Waals surface area contributed by atoms with E-state index in [2.05, 4.69) is 19.2 Å². The number of nitrogens with one attached hydrogen (secondary N) is 1. The van der Waals surface area contributed by atoms with E-state index >= 15 is 0 Å². The van der Waals surface area contributed by atoms with E-state index in [0.29, 0.717) is 24.4 Å². The zero-order chi connectivity index (χ0) is 14.3. The summed E-state index contributed by atoms with van der Waals surface area (Å²) < 4.78 is 4.95. The third-order valence-corrected chi connectivity index (χ3v) is 4.11. The lowest BCUT2D eigenvalue weighted by Crippen LogP contribution is -2.45. The summed E-state index contributed by atoms with van der Waals surface area (Å²) in [6.45, 7) is 5.83. The fourth-order valence-electron chi connectivity index (χ4n) is 3.23. The highest BCUT2D eigenvalue weighted by molar-refractivity contribution is 5.81. The van der Waals surface area contributed by atoms with Crippen molar-refractivity contribution in [2.45, 2.75) is 58.4 Å². The van der Waals surface area contributed by atoms with Crippen LogP contribution in [0.1, 0.15) is 52.4 Å². The Balaban J connectivity index is 2.41. The maximum atomic E-state index is 11.9. The average molecular weight is 270 g/mol. The number of carbonyl (C=O) groups excluding carboxylic acids is 1. The largest absolute Gasteiger partial charge is 0.385 e. The van der Waals surface area contributed by atoms with E-state index in [0.717, 1.165) is 6.54 Å². The predicted octanol–water partition coefficient (Wildman–Crippen LogP) is 2.07. The van der Waals surface area contributed by atoms with Gasteiger partial charge in [0.25, 0.3) is 0 Å². The number of rotatable bonds is 8. The summed E-state index contributed by atoms with van der Waals surface area (Å²) in [6, 6.07) is -0.447. The van der Waals surface area contributed by atoms with Crippen molar-refractivity contribution in [2.75, 3.05) is 20.3 Å². The van der Waals surface area contributed by atoms with Gasteiger partial charge in [-0.05, 0) is 37.0 Å². The molecule has 0 radical (unpaired) electrons. The highest BCUT2D eigenvalue weighted by atomic mass is 16.5. The molecule has 1 saturated carbocycles. The molecule has 1 fully saturated rings. The molecule has 1 aliphatic rings. The molecule has 0 bridgehead atoms. The summed E-state index contributed by atoms with van der Waals surface area (Å²) in [6.07, 6.45) is 6.83. The van der Waals surface area contributed by atoms with Gasteiger partial charge in [-0.25, -0.2) is 0 Å². The Bertz CT molecular complexity index is 273. The van der Waals surface area contributed by atoms with Crippen molar-refractivity contribution in [3.63, 3.8) is 0 Å². The fraction of sp³-hybridized carbons (Fsp3) is 0.933. The van der Waals surface area contributed by atoms with Crippen molar-refractivity contribution >= 4 is 5.91 Å². The molecule has 4 nitrogen and oxygen atoms in total. The van der Waals surface area contributed by atoms with Gasteiger partial charge in [0.15, 0.2) is 0 Å². The summed E-state index contributed by atoms with van der Waals surface area (Å²) in [4.78, 5) is 11.9. The first-order chi connectivity index (χ1) is 8.99. The lowest BCUT2D eigenvalue weighted by Gasteiger charge is -2.31. The van der Waals surface area contributed by atoms with E-state index in [1.165, 1.54) is 32.1 Å². The second kappa shape index (κ2) is 7.85. The smallest absolute Gasteiger partial charge is 0.237 e. The van der Waals surface area contributed by atoms with Crippen LogP contribution < -0.4 is 11.1 Å². The van der Waals surface area contributed by atoms with Crippen LogP contribution in [0.15, 0.2) is 0 Å². The molecule has 0 aromatic heterocycles. The molecule has 1 aliphatic carbocycles. The van der Waals surface area contributed by atoms with E-state index < -0.39 is 6.04 Å². The van der Waals surface area contributed by atoms with E-state index in [-0.39, 0.29) is 5.91 Å². The van der Waals surface area contributed by atoms with Gasteiger partial charge in [-0.2, -0.15) is 0 Å². The van der Waals surface area contributed by atoms with Gasteiger partial charge in [0.1, 0.15) is 0 Å². The number of amides is 1. The number of carbonyl (C=O) groups is 1. The molecule has 0 aromatic carbocycles. The van der Waals surface area contributed by atoms with E-state index in [9.17, 15) is 4.79 Å². The van der Waals surface area contributed by atoms with Gasteiger partial charge < -0.3 is 15.8 Å². The summed E-state index contributed by atoms with van der Waals surface area (Å²) in [7, 11) is 1.63. The van der Waals surface area contributed by atoms with Crippen molar-refractivity contribution in [1.29, 1.82) is 0 Å². The highest BCUT2D eigenvalue weighted by Crippen LogP contribution is 2.42. The van der Waals surface area contributed by atoms with E-state index in [1.807, 2.05) is 0 Å². The topological polar surface area (TPSA) is 64.3 Å². The van der Waals surface area contributed by atoms with Crippen LogP contribution >= 0.6 is 0 Å². The van der Waals surface area contributed by atoms with Crippen LogP contribution in [0.25, 0.3) is 0 Å². The summed E-state index contributed by atoms with van der Waals surface area (Å²) in [5.41, 5.74) is 6.15. The first-order valence-corrected chi connectivity index (χ1v) is 7.51. The monoisotopic (exact) mass is 270 g/mol. The highest BCUT2D eigenvalue weighted by Gasteiger charge is 2.34. The van der Waals surface area contributed by atoms with Gasteiger partial charge >= 0.3 is 0 Å². The molecule has 1 amide bonds. The molecular weight excluding hydrogens is 240 g/mol. The molecule has 1 rings (SSSR count). The normalized spacial score (nSPS) is 19.6. The first kappa shape index (κ1) is 16.4. The van der Waals surface area contributed by atoms with E-state index in [1.54, 1.807) is 7.11 Å². The second-order valence-electron chi connectivity index (χ2n) is 6.41. The Hall–Kier alpha value is -0.610. The molecule has 112 valence electrons. The predicted molar refractivity (Wildman–Crippen MR) is 77.8 cm³/mol. The maximum absolute atomic E-state index is 11.9. The number of nitrogens with two attached hydrogens (primary N) is 1. The molecule has 0 spiro atoms. The lowest BCUT2D eigenvalue weighted by molar-refractivity contribution is -0.123. The van der Waals surface area contributed by atoms with Gasteiger partial charge in [0, 0.05) is 20.3 Å². The number of ether oxygens (including phenoxy) is 1. The molecule has 0 aliphatic heterocycles. The molecule has 0 aromatic rings. The van der Waals surface area contributed by atoms with Gasteiger partial charge in [-0.1, -0.05) is 26.7 Å². The van der Waals surface area contributed by atoms with Crippen LogP contribution in [-0.4, -0.2) is 32.2 Å². The number of hydrogen-bond acceptors (Lipinski definition) is 3. The van der Waals surface area contributed by atoms with Crippen LogP contribution in [0, 0.1) is 11.3 Å². The fourth-order valence-corrected chi connectivity index (χ4v) is 3.23. The maximum Gasteiger partial charge on any atom is 0.237 e. The molecule has 3 N–H and O–H groups in total. The van der Waals surface area contributed by atoms with Crippen molar-refractivity contribution < 1.29 is 9.53 Å². The Morgan fingerprint density at radius 3 is 2.53 bits per heavy atom. The third-order valence-electron chi connectivity index (χ3n) is 4.11. The Kier molecular flexibility index (Phi) is 6.80. The quantitative estimate of drug-likeness (QED) is 0.709. The van der Waals surface area contributed by atoms with Gasteiger partial charge in [0.2, 0.25) is 5.91 Å². The minimum absolute atomic E-state index is 0.0351. The molecule has 1 unspecified atom stereocenters. The molecule has 4 heteroatoms. The van der Waals surface area contributed by atoms with Crippen molar-refractivity contribution in [2.24, 2.45) is 17.1 Å². The van der Waals surface area contributed by atoms with Crippen molar-refractivity contribution in [3.05, 3.63) is 0 Å². The van der Waals surface area contributed by atoms with Crippen LogP contribution in [0.5, 0.6) is 0 Å². The second-order valence-corrected chi connectivity index (χ2v) is 6.41. The Morgan fingerprint density at radius 2 is 2.00 bits per heavy atom. The summed E-state index contributed by atoms with van der Waals surface area (Å²) >= 11 is 0. The SMILES string of the molecule is COCCC(N)C(=O)NCC1(CC(C)C)CCCC1. The van der Waals surface area contributed by atoms with Crippen molar-refractivity contribution in [3.8, 4) is 0 Å². The molecule has 1 atom stereocenters. The van der Waals surface area contributed by atoms with Crippen LogP contribution in [0.3, 0.4) is 0 Å². The van der Waals surface area contributed by atoms with Crippen LogP contribution in [-0.2, 0) is 9.53 Å². The zero-order valence-electron chi connectivity index (χ0n) is 12.7. The number of hydrogen-bond donors (Lipinski definition) is 2. The third kappa shape index (κ3) is 5.49. The summed E-state index contributed by atoms with van der Waals surface area (Å²) in [5.74, 6) is 0.643. The minimum atomic E-state index is -0.447.